The maximum absolute atomic E-state index is 12.8. The molecule has 0 unspecified atom stereocenters. The summed E-state index contributed by atoms with van der Waals surface area (Å²) in [6, 6.07) is 12.8. The number of fused-ring (bicyclic) bond motifs is 1. The molecule has 0 radical (unpaired) electrons. The molecule has 0 aliphatic heterocycles. The number of aromatic nitrogens is 2. The molecule has 1 aliphatic rings. The van der Waals surface area contributed by atoms with E-state index in [-0.39, 0.29) is 5.91 Å². The third-order valence-electron chi connectivity index (χ3n) is 7.11. The molecule has 32 heavy (non-hydrogen) atoms. The molecule has 2 N–H and O–H groups in total. The lowest BCUT2D eigenvalue weighted by Crippen LogP contribution is -2.17. The standard InChI is InChI=1S/C28H37N3O/c1-3-4-8-17-25-27(24-19-18-21-13-11-12-16-23(21)30-24)26(28(29)32)20(2)31(25)22-14-9-6-5-7-10-15-22/h11-13,16,18-19,22H,3-10,14-15,17H2,1-2H3,(H2,29,32). The van der Waals surface area contributed by atoms with Crippen molar-refractivity contribution in [3.8, 4) is 11.3 Å². The third kappa shape index (κ3) is 4.60. The van der Waals surface area contributed by atoms with E-state index in [1.54, 1.807) is 0 Å². The zero-order valence-electron chi connectivity index (χ0n) is 19.7. The molecule has 1 aliphatic carbocycles. The molecule has 0 saturated heterocycles. The fourth-order valence-corrected chi connectivity index (χ4v) is 5.53. The highest BCUT2D eigenvalue weighted by Crippen LogP contribution is 2.39. The Morgan fingerprint density at radius 1 is 1.03 bits per heavy atom. The van der Waals surface area contributed by atoms with E-state index in [9.17, 15) is 4.79 Å². The van der Waals surface area contributed by atoms with Gasteiger partial charge in [-0.1, -0.05) is 76.1 Å². The second-order valence-corrected chi connectivity index (χ2v) is 9.36. The minimum atomic E-state index is -0.339. The van der Waals surface area contributed by atoms with E-state index in [1.165, 1.54) is 63.5 Å². The lowest BCUT2D eigenvalue weighted by atomic mass is 9.95. The molecular weight excluding hydrogens is 394 g/mol. The van der Waals surface area contributed by atoms with Gasteiger partial charge in [0, 0.05) is 28.4 Å². The van der Waals surface area contributed by atoms with Gasteiger partial charge in [-0.3, -0.25) is 4.79 Å². The van der Waals surface area contributed by atoms with Crippen LogP contribution in [-0.4, -0.2) is 15.5 Å². The monoisotopic (exact) mass is 431 g/mol. The van der Waals surface area contributed by atoms with E-state index in [0.717, 1.165) is 40.7 Å². The summed E-state index contributed by atoms with van der Waals surface area (Å²) in [5.41, 5.74) is 11.8. The van der Waals surface area contributed by atoms with Crippen LogP contribution in [0.1, 0.15) is 98.9 Å². The number of para-hydroxylation sites is 1. The summed E-state index contributed by atoms with van der Waals surface area (Å²) in [7, 11) is 0. The first-order valence-electron chi connectivity index (χ1n) is 12.5. The highest BCUT2D eigenvalue weighted by molar-refractivity contribution is 6.02. The molecule has 0 spiro atoms. The number of nitrogens with two attached hydrogens (primary N) is 1. The smallest absolute Gasteiger partial charge is 0.251 e. The van der Waals surface area contributed by atoms with Crippen LogP contribution < -0.4 is 5.73 Å². The summed E-state index contributed by atoms with van der Waals surface area (Å²) >= 11 is 0. The zero-order chi connectivity index (χ0) is 22.5. The van der Waals surface area contributed by atoms with E-state index >= 15 is 0 Å². The number of rotatable bonds is 7. The number of pyridine rings is 1. The van der Waals surface area contributed by atoms with Gasteiger partial charge >= 0.3 is 0 Å². The van der Waals surface area contributed by atoms with Gasteiger partial charge in [0.1, 0.15) is 0 Å². The van der Waals surface area contributed by atoms with Crippen molar-refractivity contribution in [3.63, 3.8) is 0 Å². The van der Waals surface area contributed by atoms with Crippen LogP contribution in [0.25, 0.3) is 22.2 Å². The van der Waals surface area contributed by atoms with Crippen molar-refractivity contribution in [2.45, 2.75) is 90.5 Å². The van der Waals surface area contributed by atoms with E-state index < -0.39 is 0 Å². The minimum absolute atomic E-state index is 0.339. The van der Waals surface area contributed by atoms with Crippen molar-refractivity contribution in [1.29, 1.82) is 0 Å². The summed E-state index contributed by atoms with van der Waals surface area (Å²) in [5, 5.41) is 1.11. The molecule has 1 fully saturated rings. The van der Waals surface area contributed by atoms with Crippen molar-refractivity contribution < 1.29 is 4.79 Å². The van der Waals surface area contributed by atoms with Crippen LogP contribution in [0.4, 0.5) is 0 Å². The van der Waals surface area contributed by atoms with Gasteiger partial charge in [-0.2, -0.15) is 0 Å². The molecule has 2 heterocycles. The SMILES string of the molecule is CCCCCc1c(-c2ccc3ccccc3n2)c(C(N)=O)c(C)n1C1CCCCCCC1. The molecule has 4 nitrogen and oxygen atoms in total. The highest BCUT2D eigenvalue weighted by atomic mass is 16.1. The Balaban J connectivity index is 1.90. The van der Waals surface area contributed by atoms with Crippen LogP contribution in [-0.2, 0) is 6.42 Å². The molecule has 1 aromatic carbocycles. The van der Waals surface area contributed by atoms with Crippen LogP contribution in [0.2, 0.25) is 0 Å². The minimum Gasteiger partial charge on any atom is -0.366 e. The second kappa shape index (κ2) is 10.3. The Morgan fingerprint density at radius 3 is 2.47 bits per heavy atom. The van der Waals surface area contributed by atoms with Crippen LogP contribution in [0.15, 0.2) is 36.4 Å². The van der Waals surface area contributed by atoms with Gasteiger partial charge < -0.3 is 10.3 Å². The fraction of sp³-hybridized carbons (Fsp3) is 0.500. The quantitative estimate of drug-likeness (QED) is 0.404. The largest absolute Gasteiger partial charge is 0.366 e. The second-order valence-electron chi connectivity index (χ2n) is 9.36. The predicted octanol–water partition coefficient (Wildman–Crippen LogP) is 7.13. The predicted molar refractivity (Wildman–Crippen MR) is 133 cm³/mol. The van der Waals surface area contributed by atoms with Crippen molar-refractivity contribution in [3.05, 3.63) is 53.3 Å². The van der Waals surface area contributed by atoms with Crippen molar-refractivity contribution in [2.75, 3.05) is 0 Å². The molecule has 1 amide bonds. The number of benzene rings is 1. The number of carbonyl (C=O) groups excluding carboxylic acids is 1. The molecular formula is C28H37N3O. The highest BCUT2D eigenvalue weighted by Gasteiger charge is 2.29. The van der Waals surface area contributed by atoms with E-state index in [2.05, 4.69) is 36.6 Å². The normalized spacial score (nSPS) is 15.6. The van der Waals surface area contributed by atoms with Crippen LogP contribution in [0.3, 0.4) is 0 Å². The summed E-state index contributed by atoms with van der Waals surface area (Å²) in [5.74, 6) is -0.339. The van der Waals surface area contributed by atoms with Gasteiger partial charge in [0.2, 0.25) is 0 Å². The van der Waals surface area contributed by atoms with E-state index in [1.807, 2.05) is 18.2 Å². The Morgan fingerprint density at radius 2 is 1.75 bits per heavy atom. The van der Waals surface area contributed by atoms with Crippen LogP contribution >= 0.6 is 0 Å². The fourth-order valence-electron chi connectivity index (χ4n) is 5.53. The van der Waals surface area contributed by atoms with E-state index in [0.29, 0.717) is 11.6 Å². The summed E-state index contributed by atoms with van der Waals surface area (Å²) in [6.07, 6.45) is 13.3. The van der Waals surface area contributed by atoms with Gasteiger partial charge in [0.05, 0.1) is 16.8 Å². The Kier molecular flexibility index (Phi) is 7.29. The van der Waals surface area contributed by atoms with Gasteiger partial charge in [-0.05, 0) is 44.7 Å². The number of carbonyl (C=O) groups is 1. The van der Waals surface area contributed by atoms with Gasteiger partial charge in [-0.15, -0.1) is 0 Å². The number of hydrogen-bond donors (Lipinski definition) is 1. The number of amides is 1. The van der Waals surface area contributed by atoms with Gasteiger partial charge in [0.15, 0.2) is 0 Å². The van der Waals surface area contributed by atoms with Crippen molar-refractivity contribution >= 4 is 16.8 Å². The molecule has 3 aromatic rings. The van der Waals surface area contributed by atoms with Gasteiger partial charge in [0.25, 0.3) is 5.91 Å². The molecule has 2 aromatic heterocycles. The first-order valence-corrected chi connectivity index (χ1v) is 12.5. The van der Waals surface area contributed by atoms with Crippen LogP contribution in [0, 0.1) is 6.92 Å². The zero-order valence-corrected chi connectivity index (χ0v) is 19.7. The average molecular weight is 432 g/mol. The number of unbranched alkanes of at least 4 members (excludes halogenated alkanes) is 2. The Labute approximate surface area is 192 Å². The maximum atomic E-state index is 12.8. The van der Waals surface area contributed by atoms with E-state index in [4.69, 9.17) is 10.7 Å². The first-order chi connectivity index (χ1) is 15.6. The number of nitrogens with zero attached hydrogens (tertiary/aromatic N) is 2. The lowest BCUT2D eigenvalue weighted by molar-refractivity contribution is 0.1000. The summed E-state index contributed by atoms with van der Waals surface area (Å²) in [6.45, 7) is 4.33. The number of primary amides is 1. The first kappa shape index (κ1) is 22.6. The molecule has 4 heteroatoms. The summed E-state index contributed by atoms with van der Waals surface area (Å²) < 4.78 is 2.49. The maximum Gasteiger partial charge on any atom is 0.251 e. The molecule has 1 saturated carbocycles. The molecule has 4 rings (SSSR count). The van der Waals surface area contributed by atoms with Crippen LogP contribution in [0.5, 0.6) is 0 Å². The summed E-state index contributed by atoms with van der Waals surface area (Å²) in [4.78, 5) is 17.8. The Hall–Kier alpha value is -2.62. The topological polar surface area (TPSA) is 60.9 Å². The van der Waals surface area contributed by atoms with Gasteiger partial charge in [-0.25, -0.2) is 4.98 Å². The average Bonchev–Trinajstić information content (AvgIpc) is 3.06. The molecule has 0 bridgehead atoms. The van der Waals surface area contributed by atoms with Crippen molar-refractivity contribution in [2.24, 2.45) is 5.73 Å². The third-order valence-corrected chi connectivity index (χ3v) is 7.11. The lowest BCUT2D eigenvalue weighted by Gasteiger charge is -2.26. The van der Waals surface area contributed by atoms with Crippen molar-refractivity contribution in [1.82, 2.24) is 9.55 Å². The molecule has 0 atom stereocenters. The Bertz CT molecular complexity index is 1070. The number of hydrogen-bond acceptors (Lipinski definition) is 2. The molecule has 170 valence electrons.